The highest BCUT2D eigenvalue weighted by molar-refractivity contribution is 9.09. The molecule has 1 fully saturated rings. The summed E-state index contributed by atoms with van der Waals surface area (Å²) in [5, 5.41) is 1.99. The molecule has 0 aromatic rings. The van der Waals surface area contributed by atoms with Gasteiger partial charge in [-0.3, -0.25) is 4.90 Å². The minimum atomic E-state index is 0.345. The molecule has 1 heterocycles. The van der Waals surface area contributed by atoms with Crippen LogP contribution in [-0.4, -0.2) is 47.4 Å². The van der Waals surface area contributed by atoms with Gasteiger partial charge in [-0.25, -0.2) is 0 Å². The lowest BCUT2D eigenvalue weighted by atomic mass is 9.94. The van der Waals surface area contributed by atoms with E-state index in [1.807, 2.05) is 0 Å². The Morgan fingerprint density at radius 1 is 1.13 bits per heavy atom. The van der Waals surface area contributed by atoms with E-state index in [0.717, 1.165) is 30.4 Å². The summed E-state index contributed by atoms with van der Waals surface area (Å²) in [5.74, 6) is 0. The summed E-state index contributed by atoms with van der Waals surface area (Å²) < 4.78 is 5.62. The molecule has 2 nitrogen and oxygen atoms in total. The molecule has 0 radical (unpaired) electrons. The maximum absolute atomic E-state index is 5.62. The highest BCUT2D eigenvalue weighted by Gasteiger charge is 2.32. The van der Waals surface area contributed by atoms with Crippen molar-refractivity contribution in [3.63, 3.8) is 0 Å². The minimum absolute atomic E-state index is 0.345. The van der Waals surface area contributed by atoms with E-state index in [-0.39, 0.29) is 0 Å². The summed E-state index contributed by atoms with van der Waals surface area (Å²) in [6, 6.07) is 1.03. The zero-order valence-electron chi connectivity index (χ0n) is 9.80. The number of nitrogens with zero attached hydrogens (tertiary/aromatic N) is 1. The van der Waals surface area contributed by atoms with Crippen molar-refractivity contribution in [3.8, 4) is 0 Å². The number of morpholine rings is 1. The molecule has 0 N–H and O–H groups in total. The molecule has 0 saturated carbocycles. The van der Waals surface area contributed by atoms with Crippen LogP contribution < -0.4 is 0 Å². The van der Waals surface area contributed by atoms with Crippen LogP contribution in [0.15, 0.2) is 0 Å². The van der Waals surface area contributed by atoms with Crippen LogP contribution in [0.4, 0.5) is 0 Å². The number of hydrogen-bond acceptors (Lipinski definition) is 2. The number of ether oxygens (including phenoxy) is 1. The van der Waals surface area contributed by atoms with Crippen LogP contribution in [0.5, 0.6) is 0 Å². The van der Waals surface area contributed by atoms with Crippen LogP contribution in [0.1, 0.15) is 20.8 Å². The van der Waals surface area contributed by atoms with Crippen LogP contribution in [-0.2, 0) is 4.74 Å². The Morgan fingerprint density at radius 2 is 1.60 bits per heavy atom. The molecule has 0 aliphatic carbocycles. The number of halogens is 2. The summed E-state index contributed by atoms with van der Waals surface area (Å²) >= 11 is 7.16. The second-order valence-corrected chi connectivity index (χ2v) is 6.68. The van der Waals surface area contributed by atoms with Gasteiger partial charge in [-0.2, -0.15) is 0 Å². The van der Waals surface area contributed by atoms with Crippen molar-refractivity contribution in [2.24, 2.45) is 5.41 Å². The van der Waals surface area contributed by atoms with E-state index >= 15 is 0 Å². The molecule has 15 heavy (non-hydrogen) atoms. The van der Waals surface area contributed by atoms with Crippen LogP contribution in [0, 0.1) is 5.41 Å². The zero-order chi connectivity index (χ0) is 11.5. The van der Waals surface area contributed by atoms with E-state index < -0.39 is 0 Å². The fraction of sp³-hybridized carbons (Fsp3) is 1.00. The first-order valence-corrected chi connectivity index (χ1v) is 7.67. The molecule has 0 aromatic heterocycles. The molecule has 1 aliphatic heterocycles. The van der Waals surface area contributed by atoms with Crippen molar-refractivity contribution >= 4 is 31.9 Å². The largest absolute Gasteiger partial charge is 0.378 e. The zero-order valence-corrected chi connectivity index (χ0v) is 13.0. The summed E-state index contributed by atoms with van der Waals surface area (Å²) in [5.41, 5.74) is 0.345. The van der Waals surface area contributed by atoms with Crippen LogP contribution in [0.3, 0.4) is 0 Å². The fourth-order valence-electron chi connectivity index (χ4n) is 1.90. The number of hydrogen-bond donors (Lipinski definition) is 0. The first-order valence-electron chi connectivity index (χ1n) is 5.43. The van der Waals surface area contributed by atoms with Crippen molar-refractivity contribution in [1.82, 2.24) is 4.90 Å². The van der Waals surface area contributed by atoms with Crippen molar-refractivity contribution in [2.45, 2.75) is 32.9 Å². The first-order chi connectivity index (χ1) is 6.98. The van der Waals surface area contributed by atoms with Gasteiger partial charge >= 0.3 is 0 Å². The first kappa shape index (κ1) is 13.9. The Kier molecular flexibility index (Phi) is 5.57. The van der Waals surface area contributed by atoms with Gasteiger partial charge in [-0.1, -0.05) is 52.6 Å². The Hall–Kier alpha value is 0.880. The van der Waals surface area contributed by atoms with Gasteiger partial charge in [-0.05, 0) is 5.41 Å². The maximum atomic E-state index is 5.62. The van der Waals surface area contributed by atoms with Gasteiger partial charge in [0.1, 0.15) is 0 Å². The average Bonchev–Trinajstić information content (AvgIpc) is 2.16. The molecule has 2 atom stereocenters. The van der Waals surface area contributed by atoms with Gasteiger partial charge in [0.25, 0.3) is 0 Å². The van der Waals surface area contributed by atoms with Gasteiger partial charge < -0.3 is 4.74 Å². The molecule has 0 aromatic carbocycles. The summed E-state index contributed by atoms with van der Waals surface area (Å²) in [4.78, 5) is 2.58. The van der Waals surface area contributed by atoms with E-state index in [9.17, 15) is 0 Å². The van der Waals surface area contributed by atoms with Crippen molar-refractivity contribution in [1.29, 1.82) is 0 Å². The fourth-order valence-corrected chi connectivity index (χ4v) is 3.02. The second-order valence-electron chi connectivity index (χ2n) is 5.39. The third-order valence-electron chi connectivity index (χ3n) is 2.57. The van der Waals surface area contributed by atoms with Crippen molar-refractivity contribution in [3.05, 3.63) is 0 Å². The molecule has 1 aliphatic rings. The number of rotatable bonds is 3. The summed E-state index contributed by atoms with van der Waals surface area (Å²) in [7, 11) is 0. The molecule has 0 amide bonds. The quantitative estimate of drug-likeness (QED) is 0.731. The Bertz CT molecular complexity index is 182. The Morgan fingerprint density at radius 3 is 1.93 bits per heavy atom. The van der Waals surface area contributed by atoms with Crippen molar-refractivity contribution in [2.75, 3.05) is 30.4 Å². The van der Waals surface area contributed by atoms with Gasteiger partial charge in [0.15, 0.2) is 0 Å². The third-order valence-corrected chi connectivity index (χ3v) is 4.07. The van der Waals surface area contributed by atoms with Crippen LogP contribution >= 0.6 is 31.9 Å². The standard InChI is InChI=1S/C11H21Br2NO/c1-11(2,3)8-14-9(4-12)6-15-7-10(14)5-13/h9-10H,4-8H2,1-3H3. The van der Waals surface area contributed by atoms with E-state index in [1.165, 1.54) is 0 Å². The van der Waals surface area contributed by atoms with Gasteiger partial charge in [0.2, 0.25) is 0 Å². The topological polar surface area (TPSA) is 12.5 Å². The molecule has 1 saturated heterocycles. The van der Waals surface area contributed by atoms with Crippen molar-refractivity contribution < 1.29 is 4.74 Å². The van der Waals surface area contributed by atoms with Gasteiger partial charge in [0.05, 0.1) is 13.2 Å². The molecule has 0 bridgehead atoms. The van der Waals surface area contributed by atoms with E-state index in [4.69, 9.17) is 4.74 Å². The molecular formula is C11H21Br2NO. The van der Waals surface area contributed by atoms with Crippen LogP contribution in [0.25, 0.3) is 0 Å². The highest BCUT2D eigenvalue weighted by Crippen LogP contribution is 2.23. The SMILES string of the molecule is CC(C)(C)CN1C(CBr)COCC1CBr. The smallest absolute Gasteiger partial charge is 0.0630 e. The third kappa shape index (κ3) is 4.33. The molecular weight excluding hydrogens is 322 g/mol. The van der Waals surface area contributed by atoms with E-state index in [1.54, 1.807) is 0 Å². The number of alkyl halides is 2. The lowest BCUT2D eigenvalue weighted by Gasteiger charge is -2.43. The molecule has 2 unspecified atom stereocenters. The lowest BCUT2D eigenvalue weighted by molar-refractivity contribution is -0.0452. The van der Waals surface area contributed by atoms with Gasteiger partial charge in [-0.15, -0.1) is 0 Å². The lowest BCUT2D eigenvalue weighted by Crippen LogP contribution is -2.56. The Balaban J connectivity index is 2.66. The maximum Gasteiger partial charge on any atom is 0.0630 e. The van der Waals surface area contributed by atoms with Crippen LogP contribution in [0.2, 0.25) is 0 Å². The molecule has 4 heteroatoms. The average molecular weight is 343 g/mol. The molecule has 1 rings (SSSR count). The van der Waals surface area contributed by atoms with E-state index in [0.29, 0.717) is 17.5 Å². The Labute approximate surface area is 110 Å². The molecule has 0 spiro atoms. The predicted octanol–water partition coefficient (Wildman–Crippen LogP) is 2.89. The van der Waals surface area contributed by atoms with Gasteiger partial charge in [0, 0.05) is 29.3 Å². The highest BCUT2D eigenvalue weighted by atomic mass is 79.9. The monoisotopic (exact) mass is 341 g/mol. The predicted molar refractivity (Wildman–Crippen MR) is 72.1 cm³/mol. The summed E-state index contributed by atoms with van der Waals surface area (Å²) in [6.07, 6.45) is 0. The van der Waals surface area contributed by atoms with E-state index in [2.05, 4.69) is 57.5 Å². The second kappa shape index (κ2) is 5.99. The molecule has 90 valence electrons. The summed E-state index contributed by atoms with van der Waals surface area (Å²) in [6.45, 7) is 9.70. The minimum Gasteiger partial charge on any atom is -0.378 e. The normalized spacial score (nSPS) is 29.4.